The van der Waals surface area contributed by atoms with E-state index in [1.807, 2.05) is 0 Å². The van der Waals surface area contributed by atoms with E-state index >= 15 is 0 Å². The quantitative estimate of drug-likeness (QED) is 0.231. The minimum Gasteiger partial charge on any atom is -0.309 e. The van der Waals surface area contributed by atoms with Crippen LogP contribution in [0.2, 0.25) is 0 Å². The van der Waals surface area contributed by atoms with Gasteiger partial charge in [0.2, 0.25) is 0 Å². The van der Waals surface area contributed by atoms with Crippen LogP contribution in [0.15, 0.2) is 152 Å². The molecule has 8 aromatic rings. The number of nitrogens with zero attached hydrogens (tertiary/aromatic N) is 3. The molecule has 0 bridgehead atoms. The Bertz CT molecular complexity index is 2120. The lowest BCUT2D eigenvalue weighted by Gasteiger charge is -2.11. The predicted molar refractivity (Wildman–Crippen MR) is 166 cm³/mol. The Hall–Kier alpha value is -5.41. The van der Waals surface area contributed by atoms with Gasteiger partial charge in [0.15, 0.2) is 0 Å². The molecule has 2 aromatic heterocycles. The number of hydrogen-bond acceptors (Lipinski definition) is 1. The van der Waals surface area contributed by atoms with E-state index in [2.05, 4.69) is 161 Å². The van der Waals surface area contributed by atoms with Crippen molar-refractivity contribution >= 4 is 32.8 Å². The predicted octanol–water partition coefficient (Wildman–Crippen LogP) is 9.46. The Balaban J connectivity index is 1.43. The van der Waals surface area contributed by atoms with E-state index < -0.39 is 0 Å². The first-order valence-electron chi connectivity index (χ1n) is 13.6. The molecular weight excluding hydrogens is 486 g/mol. The number of imidazole rings is 1. The Morgan fingerprint density at radius 1 is 0.375 bits per heavy atom. The number of aromatic nitrogens is 3. The Morgan fingerprint density at radius 3 is 1.65 bits per heavy atom. The van der Waals surface area contributed by atoms with Crippen LogP contribution in [0.3, 0.4) is 0 Å². The highest BCUT2D eigenvalue weighted by Gasteiger charge is 2.21. The average Bonchev–Trinajstić information content (AvgIpc) is 3.59. The fourth-order valence-electron chi connectivity index (χ4n) is 5.93. The van der Waals surface area contributed by atoms with E-state index in [1.165, 1.54) is 27.4 Å². The third kappa shape index (κ3) is 3.49. The summed E-state index contributed by atoms with van der Waals surface area (Å²) in [7, 11) is 0. The summed E-state index contributed by atoms with van der Waals surface area (Å²) >= 11 is 0. The van der Waals surface area contributed by atoms with Gasteiger partial charge in [-0.2, -0.15) is 0 Å². The summed E-state index contributed by atoms with van der Waals surface area (Å²) in [6.45, 7) is 0. The number of benzene rings is 6. The first-order valence-corrected chi connectivity index (χ1v) is 13.6. The molecule has 0 fully saturated rings. The first-order chi connectivity index (χ1) is 19.9. The van der Waals surface area contributed by atoms with Crippen LogP contribution in [0.5, 0.6) is 0 Å². The average molecular weight is 512 g/mol. The van der Waals surface area contributed by atoms with Crippen LogP contribution in [-0.2, 0) is 0 Å². The fourth-order valence-corrected chi connectivity index (χ4v) is 5.93. The van der Waals surface area contributed by atoms with Crippen molar-refractivity contribution in [3.8, 4) is 33.9 Å². The Morgan fingerprint density at radius 2 is 0.925 bits per heavy atom. The van der Waals surface area contributed by atoms with E-state index in [9.17, 15) is 0 Å². The molecule has 0 radical (unpaired) electrons. The van der Waals surface area contributed by atoms with Gasteiger partial charge in [-0.15, -0.1) is 0 Å². The maximum atomic E-state index is 5.37. The zero-order chi connectivity index (χ0) is 26.5. The van der Waals surface area contributed by atoms with Crippen molar-refractivity contribution in [2.45, 2.75) is 0 Å². The van der Waals surface area contributed by atoms with E-state index in [4.69, 9.17) is 4.98 Å². The van der Waals surface area contributed by atoms with Gasteiger partial charge in [0.05, 0.1) is 22.1 Å². The second-order valence-electron chi connectivity index (χ2n) is 10.1. The molecule has 0 amide bonds. The van der Waals surface area contributed by atoms with Gasteiger partial charge in [-0.3, -0.25) is 4.57 Å². The van der Waals surface area contributed by atoms with Gasteiger partial charge in [0.1, 0.15) is 5.82 Å². The molecule has 0 aliphatic heterocycles. The van der Waals surface area contributed by atoms with Crippen molar-refractivity contribution in [3.63, 3.8) is 0 Å². The van der Waals surface area contributed by atoms with E-state index in [-0.39, 0.29) is 0 Å². The zero-order valence-corrected chi connectivity index (χ0v) is 21.8. The largest absolute Gasteiger partial charge is 0.309 e. The fraction of sp³-hybridized carbons (Fsp3) is 0. The molecule has 0 atom stereocenters. The number of rotatable bonds is 4. The second-order valence-corrected chi connectivity index (χ2v) is 10.1. The summed E-state index contributed by atoms with van der Waals surface area (Å²) in [5.41, 5.74) is 10.2. The Labute approximate surface area is 232 Å². The summed E-state index contributed by atoms with van der Waals surface area (Å²) in [6.07, 6.45) is 0. The highest BCUT2D eigenvalue weighted by atomic mass is 15.1. The van der Waals surface area contributed by atoms with Gasteiger partial charge < -0.3 is 4.57 Å². The molecule has 0 N–H and O–H groups in total. The monoisotopic (exact) mass is 511 g/mol. The molecule has 3 nitrogen and oxygen atoms in total. The molecule has 3 heteroatoms. The molecule has 0 aliphatic rings. The van der Waals surface area contributed by atoms with Crippen molar-refractivity contribution in [3.05, 3.63) is 152 Å². The molecule has 0 saturated carbocycles. The summed E-state index contributed by atoms with van der Waals surface area (Å²) in [5, 5.41) is 2.38. The van der Waals surface area contributed by atoms with Crippen LogP contribution in [0.1, 0.15) is 0 Å². The van der Waals surface area contributed by atoms with Crippen molar-refractivity contribution in [2.75, 3.05) is 0 Å². The molecule has 0 unspecified atom stereocenters. The maximum absolute atomic E-state index is 5.37. The summed E-state index contributed by atoms with van der Waals surface area (Å²) < 4.78 is 4.65. The van der Waals surface area contributed by atoms with E-state index in [1.54, 1.807) is 0 Å². The Kier molecular flexibility index (Phi) is 5.14. The van der Waals surface area contributed by atoms with Crippen LogP contribution in [-0.4, -0.2) is 14.1 Å². The van der Waals surface area contributed by atoms with Crippen molar-refractivity contribution < 1.29 is 0 Å². The van der Waals surface area contributed by atoms with E-state index in [0.29, 0.717) is 0 Å². The zero-order valence-electron chi connectivity index (χ0n) is 21.8. The SMILES string of the molecule is c1ccc(-c2ccc(-n3c(-c4ccccc4)nc4c5c6ccccc6n(-c6ccccc6)c5ccc43)cc2)cc1. The van der Waals surface area contributed by atoms with Gasteiger partial charge in [-0.1, -0.05) is 109 Å². The molecule has 0 aliphatic carbocycles. The molecule has 0 saturated heterocycles. The van der Waals surface area contributed by atoms with Crippen LogP contribution < -0.4 is 0 Å². The minimum absolute atomic E-state index is 0.937. The number of para-hydroxylation sites is 2. The molecular formula is C37H25N3. The molecule has 0 spiro atoms. The molecule has 2 heterocycles. The van der Waals surface area contributed by atoms with Crippen molar-refractivity contribution in [1.82, 2.24) is 14.1 Å². The molecule has 8 rings (SSSR count). The summed E-state index contributed by atoms with van der Waals surface area (Å²) in [6, 6.07) is 53.5. The normalized spacial score (nSPS) is 11.5. The second kappa shape index (κ2) is 9.11. The molecule has 40 heavy (non-hydrogen) atoms. The van der Waals surface area contributed by atoms with Crippen LogP contribution >= 0.6 is 0 Å². The van der Waals surface area contributed by atoms with Gasteiger partial charge >= 0.3 is 0 Å². The van der Waals surface area contributed by atoms with Gasteiger partial charge in [0.25, 0.3) is 0 Å². The lowest BCUT2D eigenvalue weighted by Crippen LogP contribution is -1.97. The first kappa shape index (κ1) is 22.6. The summed E-state index contributed by atoms with van der Waals surface area (Å²) in [4.78, 5) is 5.37. The summed E-state index contributed by atoms with van der Waals surface area (Å²) in [5.74, 6) is 0.937. The van der Waals surface area contributed by atoms with Crippen LogP contribution in [0, 0.1) is 0 Å². The standard InChI is InChI=1S/C37H25N3/c1-4-12-26(13-5-1)27-20-22-30(23-21-27)40-34-25-24-33-35(36(34)38-37(40)28-14-6-2-7-15-28)31-18-10-11-19-32(31)39(33)29-16-8-3-9-17-29/h1-25H. The topological polar surface area (TPSA) is 22.8 Å². The van der Waals surface area contributed by atoms with Crippen LogP contribution in [0.25, 0.3) is 66.7 Å². The van der Waals surface area contributed by atoms with Gasteiger partial charge in [-0.05, 0) is 53.6 Å². The minimum atomic E-state index is 0.937. The smallest absolute Gasteiger partial charge is 0.145 e. The van der Waals surface area contributed by atoms with Crippen LogP contribution in [0.4, 0.5) is 0 Å². The number of hydrogen-bond donors (Lipinski definition) is 0. The highest BCUT2D eigenvalue weighted by Crippen LogP contribution is 2.39. The van der Waals surface area contributed by atoms with Crippen molar-refractivity contribution in [1.29, 1.82) is 0 Å². The lowest BCUT2D eigenvalue weighted by atomic mass is 10.1. The maximum Gasteiger partial charge on any atom is 0.145 e. The van der Waals surface area contributed by atoms with Crippen molar-refractivity contribution in [2.24, 2.45) is 0 Å². The third-order valence-electron chi connectivity index (χ3n) is 7.74. The van der Waals surface area contributed by atoms with Gasteiger partial charge in [0, 0.05) is 27.7 Å². The van der Waals surface area contributed by atoms with Gasteiger partial charge in [-0.25, -0.2) is 4.98 Å². The third-order valence-corrected chi connectivity index (χ3v) is 7.74. The highest BCUT2D eigenvalue weighted by molar-refractivity contribution is 6.20. The molecule has 188 valence electrons. The van der Waals surface area contributed by atoms with E-state index in [0.717, 1.165) is 39.3 Å². The lowest BCUT2D eigenvalue weighted by molar-refractivity contribution is 1.10. The molecule has 6 aromatic carbocycles. The number of fused-ring (bicyclic) bond motifs is 5.